The number of anilines is 1. The van der Waals surface area contributed by atoms with Crippen LogP contribution in [0, 0.1) is 25.2 Å². The zero-order valence-corrected chi connectivity index (χ0v) is 18.5. The number of nitriles is 1. The predicted molar refractivity (Wildman–Crippen MR) is 125 cm³/mol. The van der Waals surface area contributed by atoms with Gasteiger partial charge in [0.1, 0.15) is 11.1 Å². The molecule has 6 nitrogen and oxygen atoms in total. The Kier molecular flexibility index (Phi) is 5.89. The Bertz CT molecular complexity index is 1380. The topological polar surface area (TPSA) is 87.8 Å². The monoisotopic (exact) mass is 446 g/mol. The highest BCUT2D eigenvalue weighted by molar-refractivity contribution is 7.99. The van der Waals surface area contributed by atoms with E-state index < -0.39 is 0 Å². The molecular weight excluding hydrogens is 428 g/mol. The average molecular weight is 447 g/mol. The van der Waals surface area contributed by atoms with Gasteiger partial charge in [0.2, 0.25) is 5.91 Å². The predicted octanol–water partition coefficient (Wildman–Crippen LogP) is 4.67. The van der Waals surface area contributed by atoms with Crippen molar-refractivity contribution in [2.45, 2.75) is 19.0 Å². The number of hydrogen-bond acceptors (Lipinski definition) is 6. The van der Waals surface area contributed by atoms with Crippen LogP contribution in [0.15, 0.2) is 63.9 Å². The number of carbonyl (C=O) groups excluding carboxylic acids is 1. The van der Waals surface area contributed by atoms with E-state index in [1.807, 2.05) is 44.2 Å². The molecule has 1 amide bonds. The number of thioether (sulfide) groups is 1. The fourth-order valence-corrected chi connectivity index (χ4v) is 4.87. The summed E-state index contributed by atoms with van der Waals surface area (Å²) in [5.74, 6) is -0.212. The molecule has 2 aromatic heterocycles. The van der Waals surface area contributed by atoms with Gasteiger partial charge in [0.25, 0.3) is 5.56 Å². The van der Waals surface area contributed by atoms with Gasteiger partial charge in [-0.2, -0.15) is 5.26 Å². The maximum atomic E-state index is 13.3. The maximum Gasteiger partial charge on any atom is 0.266 e. The van der Waals surface area contributed by atoms with Crippen molar-refractivity contribution in [3.05, 3.63) is 81.0 Å². The number of nitrogens with zero attached hydrogens (tertiary/aromatic N) is 3. The van der Waals surface area contributed by atoms with E-state index >= 15 is 0 Å². The number of amides is 1. The number of hydrogen-bond donors (Lipinski definition) is 1. The Hall–Kier alpha value is -3.41. The summed E-state index contributed by atoms with van der Waals surface area (Å²) in [6.07, 6.45) is 0. The Morgan fingerprint density at radius 3 is 2.68 bits per heavy atom. The highest BCUT2D eigenvalue weighted by Gasteiger charge is 2.16. The van der Waals surface area contributed by atoms with Crippen molar-refractivity contribution in [2.75, 3.05) is 11.1 Å². The van der Waals surface area contributed by atoms with E-state index in [1.54, 1.807) is 28.1 Å². The molecule has 2 heterocycles. The molecular formula is C23H18N4O2S2. The Morgan fingerprint density at radius 1 is 1.19 bits per heavy atom. The largest absolute Gasteiger partial charge is 0.316 e. The summed E-state index contributed by atoms with van der Waals surface area (Å²) in [5.41, 5.74) is 3.62. The third-order valence-corrected chi connectivity index (χ3v) is 6.35. The Balaban J connectivity index is 1.72. The highest BCUT2D eigenvalue weighted by atomic mass is 32.2. The van der Waals surface area contributed by atoms with Crippen LogP contribution in [0.4, 0.5) is 5.00 Å². The lowest BCUT2D eigenvalue weighted by molar-refractivity contribution is -0.113. The normalized spacial score (nSPS) is 10.7. The van der Waals surface area contributed by atoms with Crippen molar-refractivity contribution in [1.82, 2.24) is 9.55 Å². The van der Waals surface area contributed by atoms with Gasteiger partial charge in [0.15, 0.2) is 5.16 Å². The van der Waals surface area contributed by atoms with Crippen LogP contribution in [0.5, 0.6) is 0 Å². The summed E-state index contributed by atoms with van der Waals surface area (Å²) in [7, 11) is 0. The van der Waals surface area contributed by atoms with Crippen LogP contribution < -0.4 is 10.9 Å². The van der Waals surface area contributed by atoms with Crippen molar-refractivity contribution in [3.63, 3.8) is 0 Å². The molecule has 31 heavy (non-hydrogen) atoms. The third-order valence-electron chi connectivity index (χ3n) is 4.58. The van der Waals surface area contributed by atoms with Crippen molar-refractivity contribution in [1.29, 1.82) is 5.26 Å². The number of aryl methyl sites for hydroxylation is 2. The number of rotatable bonds is 5. The molecule has 0 unspecified atom stereocenters. The minimum Gasteiger partial charge on any atom is -0.316 e. The van der Waals surface area contributed by atoms with E-state index in [-0.39, 0.29) is 17.2 Å². The third kappa shape index (κ3) is 4.38. The number of carbonyl (C=O) groups is 1. The van der Waals surface area contributed by atoms with Crippen LogP contribution in [0.3, 0.4) is 0 Å². The molecule has 0 saturated heterocycles. The van der Waals surface area contributed by atoms with E-state index in [2.05, 4.69) is 16.4 Å². The van der Waals surface area contributed by atoms with Crippen LogP contribution >= 0.6 is 23.1 Å². The van der Waals surface area contributed by atoms with E-state index in [9.17, 15) is 9.59 Å². The average Bonchev–Trinajstić information content (AvgIpc) is 3.18. The molecule has 0 spiro atoms. The molecule has 0 aliphatic carbocycles. The zero-order valence-electron chi connectivity index (χ0n) is 16.9. The lowest BCUT2D eigenvalue weighted by atomic mass is 10.1. The van der Waals surface area contributed by atoms with Gasteiger partial charge in [0.05, 0.1) is 27.9 Å². The first kappa shape index (κ1) is 20.8. The van der Waals surface area contributed by atoms with Crippen LogP contribution in [0.2, 0.25) is 0 Å². The van der Waals surface area contributed by atoms with E-state index in [0.29, 0.717) is 32.3 Å². The van der Waals surface area contributed by atoms with Crippen LogP contribution in [0.25, 0.3) is 16.6 Å². The first-order valence-electron chi connectivity index (χ1n) is 9.47. The van der Waals surface area contributed by atoms with Crippen LogP contribution in [-0.2, 0) is 4.79 Å². The quantitative estimate of drug-likeness (QED) is 0.356. The zero-order chi connectivity index (χ0) is 22.0. The number of fused-ring (bicyclic) bond motifs is 1. The molecule has 0 aliphatic rings. The molecule has 1 N–H and O–H groups in total. The number of nitrogens with one attached hydrogen (secondary N) is 1. The van der Waals surface area contributed by atoms with Crippen molar-refractivity contribution in [3.8, 4) is 11.8 Å². The molecule has 2 aromatic carbocycles. The van der Waals surface area contributed by atoms with Crippen molar-refractivity contribution >= 4 is 44.9 Å². The van der Waals surface area contributed by atoms with Crippen LogP contribution in [0.1, 0.15) is 16.7 Å². The number of thiophene rings is 1. The molecule has 4 aromatic rings. The molecule has 0 bridgehead atoms. The van der Waals surface area contributed by atoms with Gasteiger partial charge in [-0.15, -0.1) is 11.3 Å². The number of aromatic nitrogens is 2. The SMILES string of the molecule is Cc1cc(C)cc(-n2c(SCC(=O)Nc3sccc3C#N)nc3ccccc3c2=O)c1. The number of benzene rings is 2. The van der Waals surface area contributed by atoms with Gasteiger partial charge in [-0.3, -0.25) is 14.2 Å². The molecule has 0 saturated carbocycles. The van der Waals surface area contributed by atoms with Gasteiger partial charge in [-0.05, 0) is 60.7 Å². The summed E-state index contributed by atoms with van der Waals surface area (Å²) >= 11 is 2.48. The molecule has 4 rings (SSSR count). The lowest BCUT2D eigenvalue weighted by Gasteiger charge is -2.14. The Labute approximate surface area is 187 Å². The molecule has 0 aliphatic heterocycles. The van der Waals surface area contributed by atoms with Crippen LogP contribution in [-0.4, -0.2) is 21.2 Å². The van der Waals surface area contributed by atoms with E-state index in [4.69, 9.17) is 5.26 Å². The second-order valence-electron chi connectivity index (χ2n) is 7.01. The first-order valence-corrected chi connectivity index (χ1v) is 11.3. The summed E-state index contributed by atoms with van der Waals surface area (Å²) in [5, 5.41) is 15.1. The number of para-hydroxylation sites is 1. The minimum absolute atomic E-state index is 0.0539. The second-order valence-corrected chi connectivity index (χ2v) is 8.87. The molecule has 154 valence electrons. The van der Waals surface area contributed by atoms with Gasteiger partial charge in [-0.1, -0.05) is 30.0 Å². The summed E-state index contributed by atoms with van der Waals surface area (Å²) in [4.78, 5) is 30.5. The van der Waals surface area contributed by atoms with Gasteiger partial charge in [0, 0.05) is 0 Å². The fourth-order valence-electron chi connectivity index (χ4n) is 3.30. The molecule has 0 radical (unpaired) electrons. The lowest BCUT2D eigenvalue weighted by Crippen LogP contribution is -2.23. The molecule has 0 atom stereocenters. The van der Waals surface area contributed by atoms with Gasteiger partial charge >= 0.3 is 0 Å². The first-order chi connectivity index (χ1) is 15.0. The highest BCUT2D eigenvalue weighted by Crippen LogP contribution is 2.25. The van der Waals surface area contributed by atoms with Gasteiger partial charge in [-0.25, -0.2) is 4.98 Å². The van der Waals surface area contributed by atoms with E-state index in [0.717, 1.165) is 11.1 Å². The minimum atomic E-state index is -0.265. The smallest absolute Gasteiger partial charge is 0.266 e. The summed E-state index contributed by atoms with van der Waals surface area (Å²) in [6.45, 7) is 3.95. The Morgan fingerprint density at radius 2 is 1.94 bits per heavy atom. The van der Waals surface area contributed by atoms with Crippen molar-refractivity contribution in [2.24, 2.45) is 0 Å². The summed E-state index contributed by atoms with van der Waals surface area (Å²) in [6, 6.07) is 16.8. The molecule has 0 fully saturated rings. The van der Waals surface area contributed by atoms with Crippen molar-refractivity contribution < 1.29 is 4.79 Å². The van der Waals surface area contributed by atoms with E-state index in [1.165, 1.54) is 23.1 Å². The van der Waals surface area contributed by atoms with Gasteiger partial charge < -0.3 is 5.32 Å². The summed E-state index contributed by atoms with van der Waals surface area (Å²) < 4.78 is 1.56. The fraction of sp³-hybridized carbons (Fsp3) is 0.130. The second kappa shape index (κ2) is 8.76. The molecule has 8 heteroatoms. The maximum absolute atomic E-state index is 13.3. The standard InChI is InChI=1S/C23H18N4O2S2/c1-14-9-15(2)11-17(10-14)27-22(29)18-5-3-4-6-19(18)25-23(27)31-13-20(28)26-21-16(12-24)7-8-30-21/h3-11H,13H2,1-2H3,(H,26,28).